The van der Waals surface area contributed by atoms with Crippen LogP contribution in [-0.2, 0) is 11.2 Å². The number of benzene rings is 2. The first-order chi connectivity index (χ1) is 12.3. The van der Waals surface area contributed by atoms with Gasteiger partial charge in [0.05, 0.1) is 22.1 Å². The fourth-order valence-electron chi connectivity index (χ4n) is 2.91. The SMILES string of the molecule is O=C1OCCN1CCc1nc(-c2ccccc2)c(-c2ccccc2)s1. The number of carbonyl (C=O) groups is 1. The third-order valence-corrected chi connectivity index (χ3v) is 5.36. The molecule has 1 fully saturated rings. The highest BCUT2D eigenvalue weighted by Gasteiger charge is 2.22. The fourth-order valence-corrected chi connectivity index (χ4v) is 3.99. The molecule has 0 atom stereocenters. The maximum atomic E-state index is 11.6. The number of hydrogen-bond donors (Lipinski definition) is 0. The molecule has 0 N–H and O–H groups in total. The summed E-state index contributed by atoms with van der Waals surface area (Å²) in [5.74, 6) is 0. The van der Waals surface area contributed by atoms with E-state index in [0.29, 0.717) is 19.7 Å². The van der Waals surface area contributed by atoms with Gasteiger partial charge in [-0.2, -0.15) is 0 Å². The fraction of sp³-hybridized carbons (Fsp3) is 0.200. The van der Waals surface area contributed by atoms with E-state index in [4.69, 9.17) is 9.72 Å². The molecular formula is C20H18N2O2S. The number of hydrogen-bond acceptors (Lipinski definition) is 4. The highest BCUT2D eigenvalue weighted by atomic mass is 32.1. The molecule has 2 heterocycles. The Morgan fingerprint density at radius 3 is 2.32 bits per heavy atom. The van der Waals surface area contributed by atoms with Crippen LogP contribution in [-0.4, -0.2) is 35.7 Å². The van der Waals surface area contributed by atoms with E-state index in [2.05, 4.69) is 24.3 Å². The van der Waals surface area contributed by atoms with Crippen molar-refractivity contribution in [2.24, 2.45) is 0 Å². The van der Waals surface area contributed by atoms with E-state index in [9.17, 15) is 4.79 Å². The van der Waals surface area contributed by atoms with Crippen LogP contribution >= 0.6 is 11.3 Å². The first-order valence-corrected chi connectivity index (χ1v) is 9.15. The van der Waals surface area contributed by atoms with Gasteiger partial charge in [-0.1, -0.05) is 60.7 Å². The van der Waals surface area contributed by atoms with Crippen molar-refractivity contribution in [3.05, 3.63) is 65.7 Å². The number of ether oxygens (including phenoxy) is 1. The Kier molecular flexibility index (Phi) is 4.48. The highest BCUT2D eigenvalue weighted by molar-refractivity contribution is 7.15. The van der Waals surface area contributed by atoms with Gasteiger partial charge in [-0.05, 0) is 5.56 Å². The summed E-state index contributed by atoms with van der Waals surface area (Å²) >= 11 is 1.70. The van der Waals surface area contributed by atoms with Crippen molar-refractivity contribution in [2.75, 3.05) is 19.7 Å². The molecular weight excluding hydrogens is 332 g/mol. The maximum Gasteiger partial charge on any atom is 0.409 e. The van der Waals surface area contributed by atoms with Crippen LogP contribution < -0.4 is 0 Å². The van der Waals surface area contributed by atoms with Gasteiger partial charge in [-0.15, -0.1) is 11.3 Å². The second-order valence-corrected chi connectivity index (χ2v) is 6.95. The average Bonchev–Trinajstić information content (AvgIpc) is 3.28. The monoisotopic (exact) mass is 350 g/mol. The van der Waals surface area contributed by atoms with E-state index in [1.165, 1.54) is 10.4 Å². The van der Waals surface area contributed by atoms with Crippen LogP contribution in [0.4, 0.5) is 4.79 Å². The molecule has 25 heavy (non-hydrogen) atoms. The van der Waals surface area contributed by atoms with Crippen LogP contribution in [0.15, 0.2) is 60.7 Å². The van der Waals surface area contributed by atoms with Crippen molar-refractivity contribution >= 4 is 17.4 Å². The van der Waals surface area contributed by atoms with Gasteiger partial charge < -0.3 is 9.64 Å². The number of rotatable bonds is 5. The summed E-state index contributed by atoms with van der Waals surface area (Å²) < 4.78 is 4.99. The molecule has 0 radical (unpaired) electrons. The molecule has 0 saturated carbocycles. The molecule has 0 aliphatic carbocycles. The lowest BCUT2D eigenvalue weighted by Crippen LogP contribution is -2.26. The molecule has 1 aliphatic heterocycles. The molecule has 3 aromatic rings. The minimum Gasteiger partial charge on any atom is -0.448 e. The first-order valence-electron chi connectivity index (χ1n) is 8.33. The van der Waals surface area contributed by atoms with E-state index in [1.807, 2.05) is 36.4 Å². The third-order valence-electron chi connectivity index (χ3n) is 4.20. The predicted octanol–water partition coefficient (Wildman–Crippen LogP) is 4.47. The summed E-state index contributed by atoms with van der Waals surface area (Å²) in [4.78, 5) is 19.4. The Bertz CT molecular complexity index is 805. The van der Waals surface area contributed by atoms with Crippen molar-refractivity contribution < 1.29 is 9.53 Å². The summed E-state index contributed by atoms with van der Waals surface area (Å²) in [5.41, 5.74) is 3.30. The Balaban J connectivity index is 1.65. The Labute approximate surface area is 150 Å². The third kappa shape index (κ3) is 3.42. The summed E-state index contributed by atoms with van der Waals surface area (Å²) in [6.45, 7) is 1.80. The van der Waals surface area contributed by atoms with E-state index >= 15 is 0 Å². The topological polar surface area (TPSA) is 42.4 Å². The second-order valence-electron chi connectivity index (χ2n) is 5.87. The Hall–Kier alpha value is -2.66. The number of aromatic nitrogens is 1. The zero-order valence-electron chi connectivity index (χ0n) is 13.7. The van der Waals surface area contributed by atoms with Crippen molar-refractivity contribution in [1.82, 2.24) is 9.88 Å². The lowest BCUT2D eigenvalue weighted by Gasteiger charge is -2.10. The van der Waals surface area contributed by atoms with Gasteiger partial charge in [-0.25, -0.2) is 9.78 Å². The predicted molar refractivity (Wildman–Crippen MR) is 99.6 cm³/mol. The van der Waals surface area contributed by atoms with Gasteiger partial charge in [0.15, 0.2) is 0 Å². The molecule has 0 unspecified atom stereocenters. The summed E-state index contributed by atoms with van der Waals surface area (Å²) in [6.07, 6.45) is 0.523. The van der Waals surface area contributed by atoms with Crippen molar-refractivity contribution in [3.8, 4) is 21.7 Å². The van der Waals surface area contributed by atoms with Crippen molar-refractivity contribution in [3.63, 3.8) is 0 Å². The number of carbonyl (C=O) groups excluding carboxylic acids is 1. The van der Waals surface area contributed by atoms with E-state index in [1.54, 1.807) is 16.2 Å². The second kappa shape index (κ2) is 7.07. The molecule has 2 aromatic carbocycles. The largest absolute Gasteiger partial charge is 0.448 e. The number of nitrogens with zero attached hydrogens (tertiary/aromatic N) is 2. The standard InChI is InChI=1S/C20H18N2O2S/c23-20-22(13-14-24-20)12-11-17-21-18(15-7-3-1-4-8-15)19(25-17)16-9-5-2-6-10-16/h1-10H,11-14H2. The molecule has 1 amide bonds. The Morgan fingerprint density at radius 1 is 1.00 bits per heavy atom. The number of thiazole rings is 1. The lowest BCUT2D eigenvalue weighted by molar-refractivity contribution is 0.159. The van der Waals surface area contributed by atoms with Crippen LogP contribution in [0, 0.1) is 0 Å². The number of amides is 1. The van der Waals surface area contributed by atoms with Crippen LogP contribution in [0.5, 0.6) is 0 Å². The van der Waals surface area contributed by atoms with Crippen LogP contribution in [0.25, 0.3) is 21.7 Å². The van der Waals surface area contributed by atoms with E-state index in [-0.39, 0.29) is 6.09 Å². The van der Waals surface area contributed by atoms with Crippen LogP contribution in [0.3, 0.4) is 0 Å². The molecule has 4 nitrogen and oxygen atoms in total. The zero-order valence-corrected chi connectivity index (χ0v) is 14.5. The highest BCUT2D eigenvalue weighted by Crippen LogP contribution is 2.36. The lowest BCUT2D eigenvalue weighted by atomic mass is 10.1. The maximum absolute atomic E-state index is 11.6. The normalized spacial score (nSPS) is 13.9. The van der Waals surface area contributed by atoms with Gasteiger partial charge >= 0.3 is 6.09 Å². The van der Waals surface area contributed by atoms with Gasteiger partial charge in [0.1, 0.15) is 6.61 Å². The smallest absolute Gasteiger partial charge is 0.409 e. The molecule has 1 aliphatic rings. The zero-order chi connectivity index (χ0) is 17.1. The molecule has 0 spiro atoms. The molecule has 126 valence electrons. The van der Waals surface area contributed by atoms with Crippen LogP contribution in [0.2, 0.25) is 0 Å². The van der Waals surface area contributed by atoms with Gasteiger partial charge in [0.25, 0.3) is 0 Å². The average molecular weight is 350 g/mol. The molecule has 0 bridgehead atoms. The minimum absolute atomic E-state index is 0.219. The molecule has 5 heteroatoms. The summed E-state index contributed by atoms with van der Waals surface area (Å²) in [7, 11) is 0. The Morgan fingerprint density at radius 2 is 1.68 bits per heavy atom. The summed E-state index contributed by atoms with van der Waals surface area (Å²) in [6, 6.07) is 20.6. The minimum atomic E-state index is -0.219. The van der Waals surface area contributed by atoms with Crippen molar-refractivity contribution in [1.29, 1.82) is 0 Å². The molecule has 1 aromatic heterocycles. The van der Waals surface area contributed by atoms with Gasteiger partial charge in [0, 0.05) is 18.5 Å². The van der Waals surface area contributed by atoms with E-state index in [0.717, 1.165) is 22.7 Å². The van der Waals surface area contributed by atoms with Gasteiger partial charge in [0.2, 0.25) is 0 Å². The van der Waals surface area contributed by atoms with Crippen LogP contribution in [0.1, 0.15) is 5.01 Å². The molecule has 4 rings (SSSR count). The molecule has 1 saturated heterocycles. The van der Waals surface area contributed by atoms with Gasteiger partial charge in [-0.3, -0.25) is 0 Å². The quantitative estimate of drug-likeness (QED) is 0.682. The number of cyclic esters (lactones) is 1. The summed E-state index contributed by atoms with van der Waals surface area (Å²) in [5, 5.41) is 1.04. The van der Waals surface area contributed by atoms with E-state index < -0.39 is 0 Å². The van der Waals surface area contributed by atoms with Crippen molar-refractivity contribution in [2.45, 2.75) is 6.42 Å². The first kappa shape index (κ1) is 15.8.